The van der Waals surface area contributed by atoms with Gasteiger partial charge in [0.1, 0.15) is 0 Å². The Balaban J connectivity index is 4.34. The number of hydrazone groups is 1. The lowest BCUT2D eigenvalue weighted by atomic mass is 9.93. The van der Waals surface area contributed by atoms with Gasteiger partial charge in [-0.3, -0.25) is 4.79 Å². The topological polar surface area (TPSA) is 88.0 Å². The standard InChI is InChI=1S/C11H20N2O4S/c1-11(2,3)7-8(12-13-10(15)16)18-6-5-9(14)17-4/h13H,5-7H2,1-4H3,(H,15,16)/b12-8-. The van der Waals surface area contributed by atoms with Crippen LogP contribution in [0.1, 0.15) is 33.6 Å². The molecule has 0 aliphatic heterocycles. The summed E-state index contributed by atoms with van der Waals surface area (Å²) >= 11 is 1.36. The molecule has 0 saturated heterocycles. The minimum Gasteiger partial charge on any atom is -0.469 e. The Morgan fingerprint density at radius 1 is 1.39 bits per heavy atom. The maximum absolute atomic E-state index is 11.0. The molecule has 18 heavy (non-hydrogen) atoms. The van der Waals surface area contributed by atoms with Crippen LogP contribution in [0.3, 0.4) is 0 Å². The van der Waals surface area contributed by atoms with Crippen LogP contribution in [0.5, 0.6) is 0 Å². The number of hydrogen-bond donors (Lipinski definition) is 2. The number of hydrogen-bond acceptors (Lipinski definition) is 5. The van der Waals surface area contributed by atoms with Gasteiger partial charge in [-0.25, -0.2) is 10.2 Å². The molecule has 0 spiro atoms. The number of methoxy groups -OCH3 is 1. The van der Waals surface area contributed by atoms with Crippen molar-refractivity contribution in [2.75, 3.05) is 12.9 Å². The fraction of sp³-hybridized carbons (Fsp3) is 0.727. The van der Waals surface area contributed by atoms with Crippen molar-refractivity contribution < 1.29 is 19.4 Å². The summed E-state index contributed by atoms with van der Waals surface area (Å²) in [5, 5.41) is 13.0. The molecule has 0 rings (SSSR count). The van der Waals surface area contributed by atoms with Crippen molar-refractivity contribution in [2.24, 2.45) is 10.5 Å². The summed E-state index contributed by atoms with van der Waals surface area (Å²) in [6.07, 6.45) is -0.286. The summed E-state index contributed by atoms with van der Waals surface area (Å²) in [5.41, 5.74) is 1.99. The van der Waals surface area contributed by atoms with E-state index in [0.29, 0.717) is 17.2 Å². The normalized spacial score (nSPS) is 12.1. The van der Waals surface area contributed by atoms with E-state index < -0.39 is 6.09 Å². The Morgan fingerprint density at radius 2 is 2.00 bits per heavy atom. The Hall–Kier alpha value is -1.24. The SMILES string of the molecule is COC(=O)CCS/C(CC(C)(C)C)=N\NC(=O)O. The second-order valence-electron chi connectivity index (χ2n) is 4.83. The molecule has 6 nitrogen and oxygen atoms in total. The molecule has 0 radical (unpaired) electrons. The largest absolute Gasteiger partial charge is 0.469 e. The van der Waals surface area contributed by atoms with Crippen molar-refractivity contribution >= 4 is 28.9 Å². The van der Waals surface area contributed by atoms with Crippen molar-refractivity contribution in [3.8, 4) is 0 Å². The van der Waals surface area contributed by atoms with Gasteiger partial charge in [0.15, 0.2) is 0 Å². The van der Waals surface area contributed by atoms with Gasteiger partial charge >= 0.3 is 12.1 Å². The number of amides is 1. The monoisotopic (exact) mass is 276 g/mol. The third-order valence-corrected chi connectivity index (χ3v) is 2.74. The summed E-state index contributed by atoms with van der Waals surface area (Å²) in [6, 6.07) is 0. The van der Waals surface area contributed by atoms with E-state index in [1.54, 1.807) is 0 Å². The number of carbonyl (C=O) groups excluding carboxylic acids is 1. The van der Waals surface area contributed by atoms with E-state index in [0.717, 1.165) is 0 Å². The molecule has 0 heterocycles. The number of carboxylic acid groups (broad SMARTS) is 1. The molecule has 0 aromatic heterocycles. The van der Waals surface area contributed by atoms with Gasteiger partial charge in [0, 0.05) is 12.2 Å². The molecule has 104 valence electrons. The van der Waals surface area contributed by atoms with Crippen LogP contribution < -0.4 is 5.43 Å². The highest BCUT2D eigenvalue weighted by Crippen LogP contribution is 2.24. The van der Waals surface area contributed by atoms with Crippen LogP contribution in [0, 0.1) is 5.41 Å². The molecule has 7 heteroatoms. The van der Waals surface area contributed by atoms with Crippen LogP contribution in [0.4, 0.5) is 4.79 Å². The number of nitrogens with zero attached hydrogens (tertiary/aromatic N) is 1. The first-order chi connectivity index (χ1) is 8.24. The van der Waals surface area contributed by atoms with Crippen molar-refractivity contribution in [3.05, 3.63) is 0 Å². The molecule has 1 amide bonds. The Bertz CT molecular complexity index is 323. The first kappa shape index (κ1) is 16.8. The number of nitrogens with one attached hydrogen (secondary N) is 1. The zero-order valence-corrected chi connectivity index (χ0v) is 12.0. The maximum Gasteiger partial charge on any atom is 0.425 e. The predicted octanol–water partition coefficient (Wildman–Crippen LogP) is 2.30. The second-order valence-corrected chi connectivity index (χ2v) is 6.00. The van der Waals surface area contributed by atoms with Gasteiger partial charge < -0.3 is 9.84 Å². The summed E-state index contributed by atoms with van der Waals surface area (Å²) in [7, 11) is 1.34. The smallest absolute Gasteiger partial charge is 0.425 e. The summed E-state index contributed by atoms with van der Waals surface area (Å²) in [6.45, 7) is 6.10. The van der Waals surface area contributed by atoms with E-state index in [-0.39, 0.29) is 17.8 Å². The average molecular weight is 276 g/mol. The fourth-order valence-electron chi connectivity index (χ4n) is 1.04. The molecule has 0 fully saturated rings. The van der Waals surface area contributed by atoms with E-state index in [1.807, 2.05) is 26.2 Å². The quantitative estimate of drug-likeness (QED) is 0.348. The van der Waals surface area contributed by atoms with E-state index in [2.05, 4.69) is 9.84 Å². The molecular weight excluding hydrogens is 256 g/mol. The lowest BCUT2D eigenvalue weighted by Crippen LogP contribution is -2.19. The van der Waals surface area contributed by atoms with Crippen molar-refractivity contribution in [1.29, 1.82) is 0 Å². The fourth-order valence-corrected chi connectivity index (χ4v) is 2.19. The van der Waals surface area contributed by atoms with E-state index in [4.69, 9.17) is 5.11 Å². The zero-order valence-electron chi connectivity index (χ0n) is 11.1. The number of carbonyl (C=O) groups is 2. The minimum absolute atomic E-state index is 0.00270. The number of ether oxygens (including phenoxy) is 1. The van der Waals surface area contributed by atoms with Crippen LogP contribution in [0.2, 0.25) is 0 Å². The van der Waals surface area contributed by atoms with Crippen LogP contribution in [-0.4, -0.2) is 35.1 Å². The second kappa shape index (κ2) is 7.97. The van der Waals surface area contributed by atoms with Gasteiger partial charge in [0.05, 0.1) is 18.6 Å². The first-order valence-corrected chi connectivity index (χ1v) is 6.48. The van der Waals surface area contributed by atoms with Gasteiger partial charge in [0.2, 0.25) is 0 Å². The van der Waals surface area contributed by atoms with Crippen molar-refractivity contribution in [1.82, 2.24) is 5.43 Å². The van der Waals surface area contributed by atoms with Gasteiger partial charge in [-0.15, -0.1) is 11.8 Å². The van der Waals surface area contributed by atoms with E-state index in [9.17, 15) is 9.59 Å². The molecule has 2 N–H and O–H groups in total. The average Bonchev–Trinajstić information content (AvgIpc) is 2.23. The number of thioether (sulfide) groups is 1. The molecule has 0 unspecified atom stereocenters. The lowest BCUT2D eigenvalue weighted by Gasteiger charge is -2.18. The van der Waals surface area contributed by atoms with E-state index >= 15 is 0 Å². The van der Waals surface area contributed by atoms with Gasteiger partial charge in [0.25, 0.3) is 0 Å². The van der Waals surface area contributed by atoms with E-state index in [1.165, 1.54) is 18.9 Å². The minimum atomic E-state index is -1.20. The third kappa shape index (κ3) is 9.95. The highest BCUT2D eigenvalue weighted by molar-refractivity contribution is 8.13. The summed E-state index contributed by atoms with van der Waals surface area (Å²) in [5.74, 6) is 0.229. The molecule has 0 aliphatic rings. The summed E-state index contributed by atoms with van der Waals surface area (Å²) in [4.78, 5) is 21.4. The number of rotatable bonds is 5. The Kier molecular flexibility index (Phi) is 7.42. The van der Waals surface area contributed by atoms with Gasteiger partial charge in [-0.05, 0) is 5.41 Å². The first-order valence-electron chi connectivity index (χ1n) is 5.49. The molecule has 0 bridgehead atoms. The summed E-state index contributed by atoms with van der Waals surface area (Å²) < 4.78 is 4.53. The lowest BCUT2D eigenvalue weighted by molar-refractivity contribution is -0.140. The number of esters is 1. The Labute approximate surface area is 111 Å². The molecular formula is C11H20N2O4S. The van der Waals surface area contributed by atoms with Crippen LogP contribution in [-0.2, 0) is 9.53 Å². The van der Waals surface area contributed by atoms with Gasteiger partial charge in [-0.1, -0.05) is 20.8 Å². The molecule has 0 aromatic carbocycles. The van der Waals surface area contributed by atoms with Crippen molar-refractivity contribution in [3.63, 3.8) is 0 Å². The predicted molar refractivity (Wildman–Crippen MR) is 71.8 cm³/mol. The van der Waals surface area contributed by atoms with Crippen LogP contribution >= 0.6 is 11.8 Å². The molecule has 0 aromatic rings. The third-order valence-electron chi connectivity index (χ3n) is 1.76. The van der Waals surface area contributed by atoms with Crippen molar-refractivity contribution in [2.45, 2.75) is 33.6 Å². The molecule has 0 aliphatic carbocycles. The molecule has 0 atom stereocenters. The highest BCUT2D eigenvalue weighted by Gasteiger charge is 2.16. The Morgan fingerprint density at radius 3 is 2.44 bits per heavy atom. The van der Waals surface area contributed by atoms with Crippen LogP contribution in [0.15, 0.2) is 5.10 Å². The molecule has 0 saturated carbocycles. The van der Waals surface area contributed by atoms with Gasteiger partial charge in [-0.2, -0.15) is 5.10 Å². The zero-order chi connectivity index (χ0) is 14.2. The highest BCUT2D eigenvalue weighted by atomic mass is 32.2. The van der Waals surface area contributed by atoms with Crippen LogP contribution in [0.25, 0.3) is 0 Å². The maximum atomic E-state index is 11.0.